The van der Waals surface area contributed by atoms with Gasteiger partial charge < -0.3 is 18.9 Å². The average molecular weight is 420 g/mol. The molecule has 4 heterocycles. The molecule has 2 aliphatic rings. The lowest BCUT2D eigenvalue weighted by atomic mass is 10.0. The maximum atomic E-state index is 12.3. The van der Waals surface area contributed by atoms with E-state index in [9.17, 15) is 4.79 Å². The van der Waals surface area contributed by atoms with E-state index in [1.165, 1.54) is 0 Å². The molecule has 0 radical (unpaired) electrons. The molecule has 2 aromatic heterocycles. The fraction of sp³-hybridized carbons (Fsp3) is 0.391. The van der Waals surface area contributed by atoms with Crippen molar-refractivity contribution >= 4 is 5.91 Å². The van der Waals surface area contributed by atoms with Crippen molar-refractivity contribution in [3.63, 3.8) is 0 Å². The molecule has 1 amide bonds. The lowest BCUT2D eigenvalue weighted by Gasteiger charge is -2.39. The number of pyridine rings is 1. The van der Waals surface area contributed by atoms with Gasteiger partial charge in [-0.1, -0.05) is 11.2 Å². The monoisotopic (exact) mass is 420 g/mol. The van der Waals surface area contributed by atoms with Crippen molar-refractivity contribution in [2.24, 2.45) is 0 Å². The van der Waals surface area contributed by atoms with Crippen LogP contribution in [0.3, 0.4) is 0 Å². The van der Waals surface area contributed by atoms with E-state index in [0.717, 1.165) is 42.9 Å². The molecular weight excluding hydrogens is 396 g/mol. The highest BCUT2D eigenvalue weighted by molar-refractivity contribution is 5.79. The zero-order chi connectivity index (χ0) is 21.0. The zero-order valence-electron chi connectivity index (χ0n) is 17.1. The Balaban J connectivity index is 1.12. The molecule has 1 aromatic carbocycles. The molecule has 0 unspecified atom stereocenters. The van der Waals surface area contributed by atoms with Gasteiger partial charge in [0.25, 0.3) is 0 Å². The van der Waals surface area contributed by atoms with Crippen molar-refractivity contribution < 1.29 is 18.8 Å². The summed E-state index contributed by atoms with van der Waals surface area (Å²) in [6.45, 7) is 2.67. The van der Waals surface area contributed by atoms with Crippen LogP contribution in [0.2, 0.25) is 0 Å². The van der Waals surface area contributed by atoms with Crippen LogP contribution in [-0.2, 0) is 16.0 Å². The molecule has 0 spiro atoms. The fourth-order valence-electron chi connectivity index (χ4n) is 3.84. The molecule has 2 saturated heterocycles. The summed E-state index contributed by atoms with van der Waals surface area (Å²) in [5.74, 6) is 2.41. The standard InChI is InChI=1S/C23H24N4O4/c28-21(12-16-2-1-9-24-13-16)27-14-20(15-27)30-19-5-3-17(4-6-19)22-25-23(31-26-22)18-7-10-29-11-8-18/h1-6,9,13,18,20H,7-8,10-12,14-15H2. The molecule has 160 valence electrons. The SMILES string of the molecule is O=C(Cc1cccnc1)N1CC(Oc2ccc(-c3noc(C4CCOCC4)n3)cc2)C1. The Morgan fingerprint density at radius 2 is 1.94 bits per heavy atom. The molecule has 0 aliphatic carbocycles. The van der Waals surface area contributed by atoms with Crippen LogP contribution in [0.4, 0.5) is 0 Å². The van der Waals surface area contributed by atoms with Gasteiger partial charge in [-0.05, 0) is 48.7 Å². The van der Waals surface area contributed by atoms with Gasteiger partial charge in [-0.25, -0.2) is 0 Å². The smallest absolute Gasteiger partial charge is 0.230 e. The normalized spacial score (nSPS) is 17.4. The number of hydrogen-bond acceptors (Lipinski definition) is 7. The number of carbonyl (C=O) groups is 1. The summed E-state index contributed by atoms with van der Waals surface area (Å²) in [5, 5.41) is 4.13. The minimum absolute atomic E-state index is 0.00833. The quantitative estimate of drug-likeness (QED) is 0.606. The largest absolute Gasteiger partial charge is 0.487 e. The van der Waals surface area contributed by atoms with Gasteiger partial charge >= 0.3 is 0 Å². The van der Waals surface area contributed by atoms with Crippen LogP contribution in [0.25, 0.3) is 11.4 Å². The summed E-state index contributed by atoms with van der Waals surface area (Å²) < 4.78 is 16.8. The molecular formula is C23H24N4O4. The first-order valence-electron chi connectivity index (χ1n) is 10.6. The van der Waals surface area contributed by atoms with Crippen molar-refractivity contribution in [2.75, 3.05) is 26.3 Å². The Kier molecular flexibility index (Phi) is 5.62. The number of rotatable bonds is 6. The summed E-state index contributed by atoms with van der Waals surface area (Å²) in [7, 11) is 0. The van der Waals surface area contributed by atoms with Crippen LogP contribution in [0, 0.1) is 0 Å². The molecule has 8 nitrogen and oxygen atoms in total. The number of carbonyl (C=O) groups excluding carboxylic acids is 1. The maximum absolute atomic E-state index is 12.3. The third-order valence-electron chi connectivity index (χ3n) is 5.71. The second kappa shape index (κ2) is 8.85. The predicted molar refractivity (Wildman–Crippen MR) is 111 cm³/mol. The molecule has 0 saturated carbocycles. The highest BCUT2D eigenvalue weighted by atomic mass is 16.5. The first-order chi connectivity index (χ1) is 15.2. The summed E-state index contributed by atoms with van der Waals surface area (Å²) in [6.07, 6.45) is 5.64. The van der Waals surface area contributed by atoms with Gasteiger partial charge in [0.15, 0.2) is 0 Å². The number of nitrogens with zero attached hydrogens (tertiary/aromatic N) is 4. The van der Waals surface area contributed by atoms with E-state index >= 15 is 0 Å². The maximum Gasteiger partial charge on any atom is 0.230 e. The number of aromatic nitrogens is 3. The molecule has 0 atom stereocenters. The Hall–Kier alpha value is -3.26. The van der Waals surface area contributed by atoms with Gasteiger partial charge in [0.2, 0.25) is 17.6 Å². The van der Waals surface area contributed by atoms with E-state index in [0.29, 0.717) is 31.2 Å². The van der Waals surface area contributed by atoms with Gasteiger partial charge in [0.05, 0.1) is 19.5 Å². The molecule has 5 rings (SSSR count). The lowest BCUT2D eigenvalue weighted by Crippen LogP contribution is -2.56. The number of benzene rings is 1. The van der Waals surface area contributed by atoms with Crippen LogP contribution in [0.1, 0.15) is 30.2 Å². The summed E-state index contributed by atoms with van der Waals surface area (Å²) in [4.78, 5) is 22.7. The van der Waals surface area contributed by atoms with Crippen LogP contribution in [-0.4, -0.2) is 58.3 Å². The molecule has 2 fully saturated rings. The second-order valence-corrected chi connectivity index (χ2v) is 7.94. The van der Waals surface area contributed by atoms with Crippen LogP contribution >= 0.6 is 0 Å². The van der Waals surface area contributed by atoms with Gasteiger partial charge in [-0.15, -0.1) is 0 Å². The van der Waals surface area contributed by atoms with Crippen molar-refractivity contribution in [3.8, 4) is 17.1 Å². The molecule has 31 heavy (non-hydrogen) atoms. The predicted octanol–water partition coefficient (Wildman–Crippen LogP) is 2.86. The molecule has 0 N–H and O–H groups in total. The van der Waals surface area contributed by atoms with E-state index in [-0.39, 0.29) is 17.9 Å². The number of amides is 1. The highest BCUT2D eigenvalue weighted by Crippen LogP contribution is 2.28. The van der Waals surface area contributed by atoms with Crippen molar-refractivity contribution in [3.05, 3.63) is 60.2 Å². The van der Waals surface area contributed by atoms with Gasteiger partial charge in [0.1, 0.15) is 11.9 Å². The van der Waals surface area contributed by atoms with Gasteiger partial charge in [-0.2, -0.15) is 4.98 Å². The number of likely N-dealkylation sites (tertiary alicyclic amines) is 1. The van der Waals surface area contributed by atoms with E-state index in [4.69, 9.17) is 14.0 Å². The summed E-state index contributed by atoms with van der Waals surface area (Å²) in [5.41, 5.74) is 1.81. The van der Waals surface area contributed by atoms with Crippen molar-refractivity contribution in [2.45, 2.75) is 31.3 Å². The van der Waals surface area contributed by atoms with Gasteiger partial charge in [-0.3, -0.25) is 9.78 Å². The fourth-order valence-corrected chi connectivity index (χ4v) is 3.84. The molecule has 2 aliphatic heterocycles. The number of hydrogen-bond donors (Lipinski definition) is 0. The van der Waals surface area contributed by atoms with Crippen molar-refractivity contribution in [1.82, 2.24) is 20.0 Å². The third-order valence-corrected chi connectivity index (χ3v) is 5.71. The van der Waals surface area contributed by atoms with Crippen LogP contribution < -0.4 is 4.74 Å². The topological polar surface area (TPSA) is 90.6 Å². The third kappa shape index (κ3) is 4.59. The molecule has 0 bridgehead atoms. The first-order valence-corrected chi connectivity index (χ1v) is 10.6. The van der Waals surface area contributed by atoms with E-state index in [2.05, 4.69) is 15.1 Å². The lowest BCUT2D eigenvalue weighted by molar-refractivity contribution is -0.139. The minimum Gasteiger partial charge on any atom is -0.487 e. The second-order valence-electron chi connectivity index (χ2n) is 7.94. The summed E-state index contributed by atoms with van der Waals surface area (Å²) >= 11 is 0. The van der Waals surface area contributed by atoms with Gasteiger partial charge in [0, 0.05) is 37.1 Å². The Morgan fingerprint density at radius 3 is 2.68 bits per heavy atom. The highest BCUT2D eigenvalue weighted by Gasteiger charge is 2.32. The van der Waals surface area contributed by atoms with E-state index < -0.39 is 0 Å². The first kappa shape index (κ1) is 19.7. The van der Waals surface area contributed by atoms with Crippen LogP contribution in [0.5, 0.6) is 5.75 Å². The van der Waals surface area contributed by atoms with E-state index in [1.807, 2.05) is 41.3 Å². The number of ether oxygens (including phenoxy) is 2. The van der Waals surface area contributed by atoms with Crippen LogP contribution in [0.15, 0.2) is 53.3 Å². The molecule has 3 aromatic rings. The van der Waals surface area contributed by atoms with Crippen molar-refractivity contribution in [1.29, 1.82) is 0 Å². The Labute approximate surface area is 180 Å². The van der Waals surface area contributed by atoms with E-state index in [1.54, 1.807) is 12.4 Å². The average Bonchev–Trinajstić information content (AvgIpc) is 3.28. The molecule has 8 heteroatoms. The minimum atomic E-state index is 0.00833. The summed E-state index contributed by atoms with van der Waals surface area (Å²) in [6, 6.07) is 11.4. The zero-order valence-corrected chi connectivity index (χ0v) is 17.1. The Bertz CT molecular complexity index is 1010. The Morgan fingerprint density at radius 1 is 1.13 bits per heavy atom.